The fourth-order valence-corrected chi connectivity index (χ4v) is 10.4. The molecule has 0 aliphatic rings. The number of ether oxygens (including phenoxy) is 3. The Morgan fingerprint density at radius 2 is 0.481 bits per heavy atom. The van der Waals surface area contributed by atoms with Crippen LogP contribution < -0.4 is 0 Å². The van der Waals surface area contributed by atoms with E-state index in [9.17, 15) is 14.4 Å². The second kappa shape index (κ2) is 69.3. The molecule has 0 saturated carbocycles. The van der Waals surface area contributed by atoms with Crippen LogP contribution in [0.15, 0.2) is 72.9 Å². The third-order valence-electron chi connectivity index (χ3n) is 15.7. The van der Waals surface area contributed by atoms with E-state index in [1.807, 2.05) is 0 Å². The third kappa shape index (κ3) is 67.5. The van der Waals surface area contributed by atoms with Gasteiger partial charge >= 0.3 is 17.9 Å². The van der Waals surface area contributed by atoms with Crippen molar-refractivity contribution in [2.24, 2.45) is 0 Å². The Morgan fingerprint density at radius 3 is 0.765 bits per heavy atom. The highest BCUT2D eigenvalue weighted by atomic mass is 16.6. The van der Waals surface area contributed by atoms with E-state index in [2.05, 4.69) is 93.7 Å². The summed E-state index contributed by atoms with van der Waals surface area (Å²) in [5, 5.41) is 0. The van der Waals surface area contributed by atoms with E-state index in [4.69, 9.17) is 14.2 Å². The van der Waals surface area contributed by atoms with E-state index < -0.39 is 6.10 Å². The summed E-state index contributed by atoms with van der Waals surface area (Å²) in [7, 11) is 0. The molecule has 1 unspecified atom stereocenters. The smallest absolute Gasteiger partial charge is 0.306 e. The van der Waals surface area contributed by atoms with Crippen molar-refractivity contribution in [1.29, 1.82) is 0 Å². The monoisotopic (exact) mass is 1130 g/mol. The van der Waals surface area contributed by atoms with Crippen molar-refractivity contribution in [3.8, 4) is 0 Å². The molecule has 81 heavy (non-hydrogen) atoms. The summed E-state index contributed by atoms with van der Waals surface area (Å²) in [5.41, 5.74) is 0. The van der Waals surface area contributed by atoms with Crippen LogP contribution in [0.3, 0.4) is 0 Å². The van der Waals surface area contributed by atoms with Gasteiger partial charge in [-0.2, -0.15) is 0 Å². The van der Waals surface area contributed by atoms with Crippen molar-refractivity contribution < 1.29 is 28.6 Å². The normalized spacial score (nSPS) is 12.5. The number of allylic oxidation sites excluding steroid dienone is 12. The number of carbonyl (C=O) groups is 3. The van der Waals surface area contributed by atoms with Crippen LogP contribution in [0.25, 0.3) is 0 Å². The van der Waals surface area contributed by atoms with Crippen molar-refractivity contribution in [2.75, 3.05) is 13.2 Å². The summed E-state index contributed by atoms with van der Waals surface area (Å²) in [4.78, 5) is 38.5. The predicted molar refractivity (Wildman–Crippen MR) is 353 cm³/mol. The topological polar surface area (TPSA) is 78.9 Å². The first-order valence-corrected chi connectivity index (χ1v) is 35.4. The van der Waals surface area contributed by atoms with E-state index >= 15 is 0 Å². The quantitative estimate of drug-likeness (QED) is 0.0261. The van der Waals surface area contributed by atoms with Crippen LogP contribution in [-0.4, -0.2) is 37.2 Å². The van der Waals surface area contributed by atoms with Crippen LogP contribution in [0.5, 0.6) is 0 Å². The molecule has 0 aromatic carbocycles. The van der Waals surface area contributed by atoms with Crippen molar-refractivity contribution in [3.63, 3.8) is 0 Å². The third-order valence-corrected chi connectivity index (χ3v) is 15.7. The zero-order valence-electron chi connectivity index (χ0n) is 54.1. The fraction of sp³-hybridized carbons (Fsp3) is 0.800. The van der Waals surface area contributed by atoms with Gasteiger partial charge in [0.25, 0.3) is 0 Å². The lowest BCUT2D eigenvalue weighted by Crippen LogP contribution is -2.30. The highest BCUT2D eigenvalue weighted by Gasteiger charge is 2.19. The Balaban J connectivity index is 4.34. The Labute approximate surface area is 503 Å². The fourth-order valence-electron chi connectivity index (χ4n) is 10.4. The van der Waals surface area contributed by atoms with Crippen LogP contribution in [0.2, 0.25) is 0 Å². The number of rotatable bonds is 65. The zero-order chi connectivity index (χ0) is 58.5. The van der Waals surface area contributed by atoms with Gasteiger partial charge in [-0.15, -0.1) is 0 Å². The maximum Gasteiger partial charge on any atom is 0.306 e. The second-order valence-corrected chi connectivity index (χ2v) is 23.8. The summed E-state index contributed by atoms with van der Waals surface area (Å²) in [6.07, 6.45) is 90.6. The lowest BCUT2D eigenvalue weighted by atomic mass is 10.0. The van der Waals surface area contributed by atoms with Gasteiger partial charge in [0.1, 0.15) is 13.2 Å². The Morgan fingerprint density at radius 1 is 0.259 bits per heavy atom. The number of unbranched alkanes of at least 4 members (excludes halogenated alkanes) is 42. The van der Waals surface area contributed by atoms with Crippen molar-refractivity contribution >= 4 is 17.9 Å². The largest absolute Gasteiger partial charge is 0.462 e. The zero-order valence-corrected chi connectivity index (χ0v) is 54.1. The van der Waals surface area contributed by atoms with Gasteiger partial charge in [-0.05, 0) is 109 Å². The molecular formula is C75H134O6. The van der Waals surface area contributed by atoms with E-state index in [0.29, 0.717) is 19.3 Å². The number of hydrogen-bond donors (Lipinski definition) is 0. The molecule has 6 heteroatoms. The maximum absolute atomic E-state index is 13.0. The van der Waals surface area contributed by atoms with Crippen LogP contribution in [0, 0.1) is 0 Å². The molecule has 1 atom stereocenters. The molecule has 0 rings (SSSR count). The van der Waals surface area contributed by atoms with E-state index in [1.165, 1.54) is 244 Å². The Hall–Kier alpha value is -3.15. The minimum atomic E-state index is -0.781. The summed E-state index contributed by atoms with van der Waals surface area (Å²) in [5.74, 6) is -0.864. The molecule has 0 radical (unpaired) electrons. The standard InChI is InChI=1S/C75H134O6/c1-4-7-10-13-16-19-22-25-28-31-33-35-37-39-41-44-47-50-53-56-59-62-65-68-74(77)80-71-72(70-79-73(76)67-64-61-58-55-52-49-46-43-30-27-24-21-18-15-12-9-6-3)81-75(78)69-66-63-60-57-54-51-48-45-42-40-38-36-34-32-29-26-23-20-17-14-11-8-5-2/h7,10,16,19,25,27-28,30,32-35,72H,4-6,8-9,11-15,17-18,20-24,26,29,31,36-71H2,1-3H3/b10-7-,19-16-,28-25-,30-27-,34-32-,35-33-. The van der Waals surface area contributed by atoms with Crippen LogP contribution in [0.4, 0.5) is 0 Å². The number of hydrogen-bond acceptors (Lipinski definition) is 6. The molecular weight excluding hydrogens is 997 g/mol. The van der Waals surface area contributed by atoms with E-state index in [-0.39, 0.29) is 31.1 Å². The summed E-state index contributed by atoms with van der Waals surface area (Å²) in [6.45, 7) is 6.57. The van der Waals surface area contributed by atoms with Gasteiger partial charge < -0.3 is 14.2 Å². The molecule has 0 spiro atoms. The lowest BCUT2D eigenvalue weighted by Gasteiger charge is -2.18. The Bertz CT molecular complexity index is 1490. The van der Waals surface area contributed by atoms with Gasteiger partial charge in [-0.1, -0.05) is 312 Å². The molecule has 0 fully saturated rings. The molecule has 0 aromatic heterocycles. The minimum absolute atomic E-state index is 0.0764. The Kier molecular flexibility index (Phi) is 66.6. The van der Waals surface area contributed by atoms with Gasteiger partial charge in [0, 0.05) is 19.3 Å². The second-order valence-electron chi connectivity index (χ2n) is 23.8. The van der Waals surface area contributed by atoms with Crippen molar-refractivity contribution in [2.45, 2.75) is 374 Å². The first-order valence-electron chi connectivity index (χ1n) is 35.4. The SMILES string of the molecule is CC/C=C\C/C=C\C/C=C\C/C=C\CCCCCCCCCCCCC(=O)OCC(COC(=O)CCCCCCCCC/C=C\CCCCCCCC)OC(=O)CCCCCCCCCCCCC/C=C\CCCCCCCCCC. The average Bonchev–Trinajstić information content (AvgIpc) is 3.47. The van der Waals surface area contributed by atoms with Crippen LogP contribution in [0.1, 0.15) is 367 Å². The van der Waals surface area contributed by atoms with Crippen LogP contribution >= 0.6 is 0 Å². The number of esters is 3. The molecule has 0 amide bonds. The molecule has 6 nitrogen and oxygen atoms in total. The van der Waals surface area contributed by atoms with Gasteiger partial charge in [0.2, 0.25) is 0 Å². The molecule has 0 aliphatic carbocycles. The lowest BCUT2D eigenvalue weighted by molar-refractivity contribution is -0.167. The molecule has 0 N–H and O–H groups in total. The van der Waals surface area contributed by atoms with Gasteiger partial charge in [-0.3, -0.25) is 14.4 Å². The molecule has 0 bridgehead atoms. The molecule has 0 heterocycles. The molecule has 0 aliphatic heterocycles. The first-order chi connectivity index (χ1) is 40.0. The highest BCUT2D eigenvalue weighted by Crippen LogP contribution is 2.17. The van der Waals surface area contributed by atoms with Crippen molar-refractivity contribution in [1.82, 2.24) is 0 Å². The highest BCUT2D eigenvalue weighted by molar-refractivity contribution is 5.71. The van der Waals surface area contributed by atoms with Crippen LogP contribution in [-0.2, 0) is 28.6 Å². The molecule has 0 aromatic rings. The molecule has 470 valence electrons. The van der Waals surface area contributed by atoms with Crippen molar-refractivity contribution in [3.05, 3.63) is 72.9 Å². The summed E-state index contributed by atoms with van der Waals surface area (Å²) < 4.78 is 17.0. The van der Waals surface area contributed by atoms with Gasteiger partial charge in [-0.25, -0.2) is 0 Å². The minimum Gasteiger partial charge on any atom is -0.462 e. The summed E-state index contributed by atoms with van der Waals surface area (Å²) >= 11 is 0. The van der Waals surface area contributed by atoms with Gasteiger partial charge in [0.15, 0.2) is 6.10 Å². The van der Waals surface area contributed by atoms with Gasteiger partial charge in [0.05, 0.1) is 0 Å². The molecule has 0 saturated heterocycles. The first kappa shape index (κ1) is 77.9. The predicted octanol–water partition coefficient (Wildman–Crippen LogP) is 24.4. The van der Waals surface area contributed by atoms with E-state index in [1.54, 1.807) is 0 Å². The maximum atomic E-state index is 13.0. The average molecular weight is 1130 g/mol. The number of carbonyl (C=O) groups excluding carboxylic acids is 3. The van der Waals surface area contributed by atoms with E-state index in [0.717, 1.165) is 83.5 Å². The summed E-state index contributed by atoms with van der Waals surface area (Å²) in [6, 6.07) is 0.